The van der Waals surface area contributed by atoms with Crippen LogP contribution in [0.2, 0.25) is 0 Å². The Kier molecular flexibility index (Phi) is 4.34. The molecule has 0 aliphatic carbocycles. The Balaban J connectivity index is 1.99. The van der Waals surface area contributed by atoms with E-state index >= 15 is 0 Å². The van der Waals surface area contributed by atoms with Gasteiger partial charge in [0.15, 0.2) is 0 Å². The van der Waals surface area contributed by atoms with Crippen molar-refractivity contribution < 1.29 is 9.47 Å². The van der Waals surface area contributed by atoms with Crippen molar-refractivity contribution in [3.63, 3.8) is 0 Å². The summed E-state index contributed by atoms with van der Waals surface area (Å²) in [4.78, 5) is 8.65. The van der Waals surface area contributed by atoms with Gasteiger partial charge >= 0.3 is 0 Å². The molecular weight excluding hydrogens is 278 g/mol. The van der Waals surface area contributed by atoms with E-state index in [1.807, 2.05) is 43.3 Å². The van der Waals surface area contributed by atoms with Gasteiger partial charge in [0.25, 0.3) is 0 Å². The molecule has 0 saturated carbocycles. The van der Waals surface area contributed by atoms with Gasteiger partial charge in [0, 0.05) is 18.8 Å². The predicted molar refractivity (Wildman–Crippen MR) is 85.3 cm³/mol. The molecule has 2 aromatic heterocycles. The molecule has 0 unspecified atom stereocenters. The lowest BCUT2D eigenvalue weighted by molar-refractivity contribution is 0.139. The van der Waals surface area contributed by atoms with Gasteiger partial charge in [-0.05, 0) is 32.0 Å². The first-order valence-corrected chi connectivity index (χ1v) is 7.41. The number of aryl methyl sites for hydroxylation is 1. The van der Waals surface area contributed by atoms with Gasteiger partial charge in [0.05, 0.1) is 12.1 Å². The number of fused-ring (bicyclic) bond motifs is 1. The smallest absolute Gasteiger partial charge is 0.247 e. The lowest BCUT2D eigenvalue weighted by atomic mass is 10.3. The summed E-state index contributed by atoms with van der Waals surface area (Å²) < 4.78 is 13.5. The third-order valence-corrected chi connectivity index (χ3v) is 3.48. The van der Waals surface area contributed by atoms with E-state index in [1.54, 1.807) is 0 Å². The van der Waals surface area contributed by atoms with Gasteiger partial charge in [-0.1, -0.05) is 18.2 Å². The van der Waals surface area contributed by atoms with Crippen molar-refractivity contribution >= 4 is 11.0 Å². The lowest BCUT2D eigenvalue weighted by Gasteiger charge is -2.11. The minimum absolute atomic E-state index is 0.570. The zero-order valence-electron chi connectivity index (χ0n) is 12.8. The molecule has 0 aliphatic heterocycles. The number of hydrogen-bond acceptors (Lipinski definition) is 4. The Hall–Kier alpha value is -2.40. The fourth-order valence-corrected chi connectivity index (χ4v) is 2.45. The molecule has 0 N–H and O–H groups in total. The van der Waals surface area contributed by atoms with Gasteiger partial charge in [-0.3, -0.25) is 0 Å². The first-order chi connectivity index (χ1) is 10.8. The van der Waals surface area contributed by atoms with Crippen LogP contribution in [0.4, 0.5) is 0 Å². The summed E-state index contributed by atoms with van der Waals surface area (Å²) in [5, 5.41) is 0. The number of ether oxygens (including phenoxy) is 2. The number of nitrogens with zero attached hydrogens (tertiary/aromatic N) is 3. The highest BCUT2D eigenvalue weighted by molar-refractivity contribution is 5.81. The normalized spacial score (nSPS) is 11.0. The average molecular weight is 297 g/mol. The predicted octanol–water partition coefficient (Wildman–Crippen LogP) is 3.57. The van der Waals surface area contributed by atoms with Crippen LogP contribution >= 0.6 is 0 Å². The van der Waals surface area contributed by atoms with E-state index < -0.39 is 0 Å². The molecule has 3 rings (SSSR count). The number of rotatable bonds is 6. The summed E-state index contributed by atoms with van der Waals surface area (Å²) in [5.74, 6) is 1.33. The molecule has 0 saturated heterocycles. The molecule has 0 spiro atoms. The Morgan fingerprint density at radius 3 is 2.73 bits per heavy atom. The van der Waals surface area contributed by atoms with Gasteiger partial charge in [-0.15, -0.1) is 0 Å². The van der Waals surface area contributed by atoms with Gasteiger partial charge in [-0.2, -0.15) is 4.98 Å². The molecule has 114 valence electrons. The van der Waals surface area contributed by atoms with E-state index in [-0.39, 0.29) is 0 Å². The highest BCUT2D eigenvalue weighted by atomic mass is 16.5. The zero-order chi connectivity index (χ0) is 15.4. The van der Waals surface area contributed by atoms with E-state index in [1.165, 1.54) is 6.33 Å². The Labute approximate surface area is 129 Å². The van der Waals surface area contributed by atoms with E-state index in [2.05, 4.69) is 21.5 Å². The monoisotopic (exact) mass is 297 g/mol. The van der Waals surface area contributed by atoms with Crippen LogP contribution in [0.3, 0.4) is 0 Å². The summed E-state index contributed by atoms with van der Waals surface area (Å²) in [6.45, 7) is 6.16. The average Bonchev–Trinajstić information content (AvgIpc) is 2.85. The summed E-state index contributed by atoms with van der Waals surface area (Å²) in [7, 11) is 0. The largest absolute Gasteiger partial charge is 0.437 e. The molecule has 0 atom stereocenters. The molecule has 3 aromatic rings. The third-order valence-electron chi connectivity index (χ3n) is 3.48. The van der Waals surface area contributed by atoms with Crippen molar-refractivity contribution in [2.75, 3.05) is 13.2 Å². The molecule has 0 bridgehead atoms. The Morgan fingerprint density at radius 2 is 1.95 bits per heavy atom. The SMILES string of the molecule is CCOCCn1c(C)cc2ncnc(Oc3ccccc3)c21. The topological polar surface area (TPSA) is 49.2 Å². The molecule has 0 radical (unpaired) electrons. The molecule has 0 amide bonds. The van der Waals surface area contributed by atoms with Gasteiger partial charge in [0.1, 0.15) is 17.6 Å². The van der Waals surface area contributed by atoms with E-state index in [0.717, 1.165) is 29.0 Å². The molecule has 0 fully saturated rings. The van der Waals surface area contributed by atoms with Crippen LogP contribution < -0.4 is 4.74 Å². The molecule has 5 nitrogen and oxygen atoms in total. The quantitative estimate of drug-likeness (QED) is 0.653. The molecule has 0 aliphatic rings. The van der Waals surface area contributed by atoms with Crippen LogP contribution in [0, 0.1) is 6.92 Å². The molecule has 5 heteroatoms. The van der Waals surface area contributed by atoms with Gasteiger partial charge < -0.3 is 14.0 Å². The second kappa shape index (κ2) is 6.58. The van der Waals surface area contributed by atoms with Crippen molar-refractivity contribution in [1.29, 1.82) is 0 Å². The van der Waals surface area contributed by atoms with Crippen molar-refractivity contribution in [1.82, 2.24) is 14.5 Å². The van der Waals surface area contributed by atoms with E-state index in [4.69, 9.17) is 9.47 Å². The molecular formula is C17H19N3O2. The fraction of sp³-hybridized carbons (Fsp3) is 0.294. The zero-order valence-corrected chi connectivity index (χ0v) is 12.8. The fourth-order valence-electron chi connectivity index (χ4n) is 2.45. The summed E-state index contributed by atoms with van der Waals surface area (Å²) in [6, 6.07) is 11.7. The van der Waals surface area contributed by atoms with Crippen LogP contribution in [0.25, 0.3) is 11.0 Å². The second-order valence-electron chi connectivity index (χ2n) is 4.96. The van der Waals surface area contributed by atoms with E-state index in [9.17, 15) is 0 Å². The second-order valence-corrected chi connectivity index (χ2v) is 4.96. The van der Waals surface area contributed by atoms with Crippen molar-refractivity contribution in [2.24, 2.45) is 0 Å². The van der Waals surface area contributed by atoms with Gasteiger partial charge in [0.2, 0.25) is 5.88 Å². The lowest BCUT2D eigenvalue weighted by Crippen LogP contribution is -2.08. The maximum Gasteiger partial charge on any atom is 0.247 e. The summed E-state index contributed by atoms with van der Waals surface area (Å²) >= 11 is 0. The standard InChI is InChI=1S/C17H19N3O2/c1-3-21-10-9-20-13(2)11-15-16(20)17(19-12-18-15)22-14-7-5-4-6-8-14/h4-8,11-12H,3,9-10H2,1-2H3. The highest BCUT2D eigenvalue weighted by Gasteiger charge is 2.14. The van der Waals surface area contributed by atoms with E-state index in [0.29, 0.717) is 19.1 Å². The van der Waals surface area contributed by atoms with Gasteiger partial charge in [-0.25, -0.2) is 4.98 Å². The Morgan fingerprint density at radius 1 is 1.14 bits per heavy atom. The number of para-hydroxylation sites is 1. The van der Waals surface area contributed by atoms with Crippen molar-refractivity contribution in [3.8, 4) is 11.6 Å². The maximum atomic E-state index is 5.94. The van der Waals surface area contributed by atoms with Crippen LogP contribution in [0.5, 0.6) is 11.6 Å². The molecule has 1 aromatic carbocycles. The van der Waals surface area contributed by atoms with Crippen molar-refractivity contribution in [2.45, 2.75) is 20.4 Å². The minimum Gasteiger partial charge on any atom is -0.437 e. The van der Waals surface area contributed by atoms with Crippen LogP contribution in [0.15, 0.2) is 42.7 Å². The summed E-state index contributed by atoms with van der Waals surface area (Å²) in [6.07, 6.45) is 1.53. The number of benzene rings is 1. The third kappa shape index (κ3) is 2.94. The van der Waals surface area contributed by atoms with Crippen LogP contribution in [0.1, 0.15) is 12.6 Å². The van der Waals surface area contributed by atoms with Crippen molar-refractivity contribution in [3.05, 3.63) is 48.4 Å². The highest BCUT2D eigenvalue weighted by Crippen LogP contribution is 2.28. The molecule has 2 heterocycles. The minimum atomic E-state index is 0.570. The first kappa shape index (κ1) is 14.5. The van der Waals surface area contributed by atoms with Crippen LogP contribution in [-0.2, 0) is 11.3 Å². The number of hydrogen-bond donors (Lipinski definition) is 0. The van der Waals surface area contributed by atoms with Crippen LogP contribution in [-0.4, -0.2) is 27.7 Å². The molecule has 22 heavy (non-hydrogen) atoms. The number of aromatic nitrogens is 3. The first-order valence-electron chi connectivity index (χ1n) is 7.41. The Bertz CT molecular complexity index is 753. The maximum absolute atomic E-state index is 5.94. The summed E-state index contributed by atoms with van der Waals surface area (Å²) in [5.41, 5.74) is 2.91.